The minimum absolute atomic E-state index is 0.00753. The molecule has 104 valence electrons. The maximum atomic E-state index is 6.26. The average molecular weight is 279 g/mol. The average Bonchev–Trinajstić information content (AvgIpc) is 3.11. The molecule has 19 heavy (non-hydrogen) atoms. The van der Waals surface area contributed by atoms with Gasteiger partial charge in [-0.05, 0) is 18.8 Å². The van der Waals surface area contributed by atoms with Gasteiger partial charge in [0.05, 0.1) is 6.04 Å². The van der Waals surface area contributed by atoms with Gasteiger partial charge in [-0.2, -0.15) is 9.61 Å². The van der Waals surface area contributed by atoms with Crippen molar-refractivity contribution in [3.63, 3.8) is 0 Å². The summed E-state index contributed by atoms with van der Waals surface area (Å²) >= 11 is 1.58. The Morgan fingerprint density at radius 3 is 2.79 bits per heavy atom. The van der Waals surface area contributed by atoms with Crippen molar-refractivity contribution in [1.29, 1.82) is 0 Å². The van der Waals surface area contributed by atoms with Crippen molar-refractivity contribution in [1.82, 2.24) is 19.8 Å². The van der Waals surface area contributed by atoms with E-state index in [2.05, 4.69) is 29.1 Å². The molecule has 2 heterocycles. The van der Waals surface area contributed by atoms with Crippen molar-refractivity contribution in [2.75, 3.05) is 0 Å². The number of nitrogens with zero attached hydrogens (tertiary/aromatic N) is 4. The number of rotatable bonds is 4. The molecule has 0 aromatic carbocycles. The largest absolute Gasteiger partial charge is 0.322 e. The highest BCUT2D eigenvalue weighted by atomic mass is 32.1. The van der Waals surface area contributed by atoms with E-state index in [1.54, 1.807) is 11.3 Å². The Morgan fingerprint density at radius 1 is 1.37 bits per heavy atom. The molecule has 2 aromatic rings. The Hall–Kier alpha value is -1.01. The first kappa shape index (κ1) is 13.0. The van der Waals surface area contributed by atoms with Gasteiger partial charge in [0.1, 0.15) is 5.01 Å². The molecular formula is C13H21N5S. The third-order valence-corrected chi connectivity index (χ3v) is 5.29. The molecule has 2 unspecified atom stereocenters. The van der Waals surface area contributed by atoms with E-state index in [1.807, 2.05) is 4.52 Å². The van der Waals surface area contributed by atoms with Crippen molar-refractivity contribution < 1.29 is 0 Å². The highest BCUT2D eigenvalue weighted by molar-refractivity contribution is 7.16. The lowest BCUT2D eigenvalue weighted by molar-refractivity contribution is 0.451. The number of nitrogens with two attached hydrogens (primary N) is 1. The highest BCUT2D eigenvalue weighted by Gasteiger charge is 2.25. The summed E-state index contributed by atoms with van der Waals surface area (Å²) in [6.07, 6.45) is 6.08. The predicted octanol–water partition coefficient (Wildman–Crippen LogP) is 2.89. The monoisotopic (exact) mass is 279 g/mol. The van der Waals surface area contributed by atoms with Gasteiger partial charge in [0, 0.05) is 5.92 Å². The fourth-order valence-electron chi connectivity index (χ4n) is 2.72. The Balaban J connectivity index is 1.93. The number of aromatic nitrogens is 4. The molecule has 5 nitrogen and oxygen atoms in total. The van der Waals surface area contributed by atoms with E-state index < -0.39 is 0 Å². The van der Waals surface area contributed by atoms with Crippen LogP contribution < -0.4 is 5.73 Å². The summed E-state index contributed by atoms with van der Waals surface area (Å²) in [4.78, 5) is 0.885. The van der Waals surface area contributed by atoms with Crippen LogP contribution in [0.15, 0.2) is 0 Å². The molecular weight excluding hydrogens is 258 g/mol. The fourth-order valence-corrected chi connectivity index (χ4v) is 3.70. The van der Waals surface area contributed by atoms with Crippen LogP contribution in [0.3, 0.4) is 0 Å². The summed E-state index contributed by atoms with van der Waals surface area (Å²) in [5, 5.41) is 14.2. The summed E-state index contributed by atoms with van der Waals surface area (Å²) in [6, 6.07) is 0.00753. The van der Waals surface area contributed by atoms with Crippen LogP contribution in [-0.2, 0) is 0 Å². The first-order chi connectivity index (χ1) is 9.20. The Kier molecular flexibility index (Phi) is 3.54. The summed E-state index contributed by atoms with van der Waals surface area (Å²) < 4.78 is 1.93. The molecule has 2 aromatic heterocycles. The van der Waals surface area contributed by atoms with Crippen molar-refractivity contribution in [3.05, 3.63) is 10.8 Å². The van der Waals surface area contributed by atoms with Crippen LogP contribution in [-0.4, -0.2) is 19.8 Å². The number of hydrogen-bond acceptors (Lipinski definition) is 5. The minimum atomic E-state index is 0.00753. The smallest absolute Gasteiger partial charge is 0.234 e. The molecule has 1 aliphatic carbocycles. The van der Waals surface area contributed by atoms with E-state index in [0.717, 1.165) is 22.2 Å². The van der Waals surface area contributed by atoms with Gasteiger partial charge < -0.3 is 5.73 Å². The lowest BCUT2D eigenvalue weighted by Gasteiger charge is -2.14. The topological polar surface area (TPSA) is 69.1 Å². The van der Waals surface area contributed by atoms with Crippen LogP contribution in [0.4, 0.5) is 0 Å². The van der Waals surface area contributed by atoms with Crippen molar-refractivity contribution in [3.8, 4) is 0 Å². The number of fused-ring (bicyclic) bond motifs is 1. The van der Waals surface area contributed by atoms with Crippen LogP contribution in [0.2, 0.25) is 0 Å². The number of hydrogen-bond donors (Lipinski definition) is 1. The highest BCUT2D eigenvalue weighted by Crippen LogP contribution is 2.34. The second-order valence-electron chi connectivity index (χ2n) is 5.59. The Morgan fingerprint density at radius 2 is 2.11 bits per heavy atom. The quantitative estimate of drug-likeness (QED) is 0.934. The molecule has 0 amide bonds. The predicted molar refractivity (Wildman–Crippen MR) is 76.3 cm³/mol. The van der Waals surface area contributed by atoms with Gasteiger partial charge >= 0.3 is 0 Å². The molecule has 0 aliphatic heterocycles. The molecule has 2 N–H and O–H groups in total. The zero-order valence-corrected chi connectivity index (χ0v) is 12.4. The first-order valence-corrected chi connectivity index (χ1v) is 8.00. The van der Waals surface area contributed by atoms with Crippen LogP contribution in [0.1, 0.15) is 68.7 Å². The van der Waals surface area contributed by atoms with E-state index in [9.17, 15) is 0 Å². The van der Waals surface area contributed by atoms with Crippen LogP contribution >= 0.6 is 11.3 Å². The maximum absolute atomic E-state index is 6.26. The van der Waals surface area contributed by atoms with E-state index in [-0.39, 0.29) is 6.04 Å². The van der Waals surface area contributed by atoms with Crippen LogP contribution in [0, 0.1) is 5.92 Å². The van der Waals surface area contributed by atoms with Crippen LogP contribution in [0.5, 0.6) is 0 Å². The van der Waals surface area contributed by atoms with Gasteiger partial charge in [-0.3, -0.25) is 0 Å². The normalized spacial score (nSPS) is 20.2. The first-order valence-electron chi connectivity index (χ1n) is 7.18. The van der Waals surface area contributed by atoms with Crippen LogP contribution in [0.25, 0.3) is 4.96 Å². The molecule has 2 atom stereocenters. The molecule has 3 rings (SSSR count). The molecule has 6 heteroatoms. The second-order valence-corrected chi connectivity index (χ2v) is 6.57. The van der Waals surface area contributed by atoms with Gasteiger partial charge in [0.15, 0.2) is 5.82 Å². The SMILES string of the molecule is CCC(C)C(N)c1nn2c(C3CCCC3)nnc2s1. The van der Waals surface area contributed by atoms with Gasteiger partial charge in [-0.15, -0.1) is 10.2 Å². The Bertz CT molecular complexity index is 554. The Labute approximate surface area is 117 Å². The molecule has 1 saturated carbocycles. The van der Waals surface area contributed by atoms with Gasteiger partial charge in [-0.1, -0.05) is 44.4 Å². The summed E-state index contributed by atoms with van der Waals surface area (Å²) in [7, 11) is 0. The summed E-state index contributed by atoms with van der Waals surface area (Å²) in [5.41, 5.74) is 6.26. The summed E-state index contributed by atoms with van der Waals surface area (Å²) in [6.45, 7) is 4.33. The van der Waals surface area contributed by atoms with E-state index in [4.69, 9.17) is 5.73 Å². The van der Waals surface area contributed by atoms with E-state index in [1.165, 1.54) is 25.7 Å². The molecule has 0 radical (unpaired) electrons. The molecule has 0 bridgehead atoms. The second kappa shape index (κ2) is 5.17. The lowest BCUT2D eigenvalue weighted by atomic mass is 10.0. The van der Waals surface area contributed by atoms with Crippen molar-refractivity contribution in [2.24, 2.45) is 11.7 Å². The zero-order valence-electron chi connectivity index (χ0n) is 11.5. The van der Waals surface area contributed by atoms with Crippen molar-refractivity contribution in [2.45, 2.75) is 57.9 Å². The summed E-state index contributed by atoms with van der Waals surface area (Å²) in [5.74, 6) is 2.01. The third kappa shape index (κ3) is 2.27. The van der Waals surface area contributed by atoms with Crippen molar-refractivity contribution >= 4 is 16.3 Å². The van der Waals surface area contributed by atoms with E-state index in [0.29, 0.717) is 11.8 Å². The molecule has 0 saturated heterocycles. The minimum Gasteiger partial charge on any atom is -0.322 e. The lowest BCUT2D eigenvalue weighted by Crippen LogP contribution is -2.18. The van der Waals surface area contributed by atoms with Gasteiger partial charge in [0.25, 0.3) is 0 Å². The molecule has 0 spiro atoms. The standard InChI is InChI=1S/C13H21N5S/c1-3-8(2)10(14)12-17-18-11(9-6-4-5-7-9)15-16-13(18)19-12/h8-10H,3-7,14H2,1-2H3. The fraction of sp³-hybridized carbons (Fsp3) is 0.769. The maximum Gasteiger partial charge on any atom is 0.234 e. The van der Waals surface area contributed by atoms with E-state index >= 15 is 0 Å². The molecule has 1 aliphatic rings. The van der Waals surface area contributed by atoms with Gasteiger partial charge in [0.2, 0.25) is 4.96 Å². The zero-order chi connectivity index (χ0) is 13.4. The third-order valence-electron chi connectivity index (χ3n) is 4.29. The molecule has 1 fully saturated rings. The van der Waals surface area contributed by atoms with Gasteiger partial charge in [-0.25, -0.2) is 0 Å².